The van der Waals surface area contributed by atoms with Crippen molar-refractivity contribution in [1.82, 2.24) is 0 Å². The Morgan fingerprint density at radius 2 is 1.48 bits per heavy atom. The Morgan fingerprint density at radius 1 is 0.870 bits per heavy atom. The van der Waals surface area contributed by atoms with Crippen molar-refractivity contribution in [3.05, 3.63) is 82.9 Å². The van der Waals surface area contributed by atoms with Gasteiger partial charge >= 0.3 is 0 Å². The van der Waals surface area contributed by atoms with E-state index in [0.29, 0.717) is 0 Å². The van der Waals surface area contributed by atoms with Crippen molar-refractivity contribution in [2.24, 2.45) is 4.99 Å². The molecule has 0 aliphatic rings. The van der Waals surface area contributed by atoms with E-state index in [2.05, 4.69) is 83.2 Å². The maximum Gasteiger partial charge on any atom is 0.0661 e. The van der Waals surface area contributed by atoms with Crippen molar-refractivity contribution in [1.29, 1.82) is 0 Å². The normalized spacial score (nSPS) is 13.3. The number of hydrogen-bond acceptors (Lipinski definition) is 1. The summed E-state index contributed by atoms with van der Waals surface area (Å²) >= 11 is 0. The minimum Gasteiger partial charge on any atom is -0.253 e. The van der Waals surface area contributed by atoms with Crippen molar-refractivity contribution in [2.75, 3.05) is 0 Å². The summed E-state index contributed by atoms with van der Waals surface area (Å²) in [5, 5.41) is 0. The number of rotatable bonds is 4. The van der Waals surface area contributed by atoms with Crippen molar-refractivity contribution in [3.63, 3.8) is 0 Å². The fourth-order valence-corrected chi connectivity index (χ4v) is 2.77. The summed E-state index contributed by atoms with van der Waals surface area (Å²) in [6.45, 7) is 10.5. The number of benzene rings is 2. The molecule has 0 fully saturated rings. The first-order valence-electron chi connectivity index (χ1n) is 8.05. The largest absolute Gasteiger partial charge is 0.253 e. The van der Waals surface area contributed by atoms with Gasteiger partial charge in [0.2, 0.25) is 0 Å². The number of aliphatic imine (C=N–C) groups is 1. The summed E-state index contributed by atoms with van der Waals surface area (Å²) in [5.74, 6) is 0. The lowest BCUT2D eigenvalue weighted by Gasteiger charge is -2.11. The molecule has 0 saturated heterocycles. The maximum atomic E-state index is 4.74. The Morgan fingerprint density at radius 3 is 2.09 bits per heavy atom. The molecule has 0 aliphatic heterocycles. The van der Waals surface area contributed by atoms with Gasteiger partial charge in [0.25, 0.3) is 0 Å². The third-order valence-corrected chi connectivity index (χ3v) is 3.99. The van der Waals surface area contributed by atoms with Gasteiger partial charge in [0.1, 0.15) is 0 Å². The third kappa shape index (κ3) is 4.29. The highest BCUT2D eigenvalue weighted by molar-refractivity contribution is 5.98. The first-order valence-corrected chi connectivity index (χ1v) is 8.05. The summed E-state index contributed by atoms with van der Waals surface area (Å²) in [5.41, 5.74) is 8.33. The zero-order chi connectivity index (χ0) is 16.8. The first-order chi connectivity index (χ1) is 11.0. The molecule has 0 heterocycles. The molecule has 2 rings (SSSR count). The highest BCUT2D eigenvalue weighted by Crippen LogP contribution is 2.26. The molecule has 118 valence electrons. The zero-order valence-electron chi connectivity index (χ0n) is 14.7. The molecule has 0 spiro atoms. The number of para-hydroxylation sites is 1. The summed E-state index contributed by atoms with van der Waals surface area (Å²) in [4.78, 5) is 4.74. The van der Waals surface area contributed by atoms with Gasteiger partial charge in [-0.2, -0.15) is 0 Å². The van der Waals surface area contributed by atoms with E-state index >= 15 is 0 Å². The summed E-state index contributed by atoms with van der Waals surface area (Å²) in [6.07, 6.45) is 4.34. The molecule has 0 unspecified atom stereocenters. The first kappa shape index (κ1) is 17.0. The fraction of sp³-hybridized carbons (Fsp3) is 0.227. The van der Waals surface area contributed by atoms with Crippen LogP contribution in [0.15, 0.2) is 71.2 Å². The van der Waals surface area contributed by atoms with Crippen LogP contribution in [0.25, 0.3) is 5.57 Å². The Labute approximate surface area is 140 Å². The zero-order valence-corrected chi connectivity index (χ0v) is 14.7. The van der Waals surface area contributed by atoms with Crippen molar-refractivity contribution >= 4 is 17.0 Å². The minimum atomic E-state index is 1.02. The molecule has 0 aromatic heterocycles. The number of allylic oxidation sites excluding steroid dienone is 4. The number of aryl methyl sites for hydroxylation is 2. The van der Waals surface area contributed by atoms with Crippen LogP contribution in [0.1, 0.15) is 37.5 Å². The van der Waals surface area contributed by atoms with E-state index in [4.69, 9.17) is 4.99 Å². The van der Waals surface area contributed by atoms with Crippen LogP contribution < -0.4 is 0 Å². The maximum absolute atomic E-state index is 4.74. The van der Waals surface area contributed by atoms with Crippen molar-refractivity contribution in [2.45, 2.75) is 34.6 Å². The van der Waals surface area contributed by atoms with Gasteiger partial charge < -0.3 is 0 Å². The second-order valence-corrected chi connectivity index (χ2v) is 5.88. The van der Waals surface area contributed by atoms with Crippen LogP contribution >= 0.6 is 0 Å². The van der Waals surface area contributed by atoms with E-state index in [1.807, 2.05) is 12.1 Å². The summed E-state index contributed by atoms with van der Waals surface area (Å²) in [6, 6.07) is 16.7. The molecule has 1 nitrogen and oxygen atoms in total. The minimum absolute atomic E-state index is 1.02. The highest BCUT2D eigenvalue weighted by atomic mass is 14.7. The van der Waals surface area contributed by atoms with Crippen LogP contribution in [-0.4, -0.2) is 5.71 Å². The van der Waals surface area contributed by atoms with Gasteiger partial charge in [0, 0.05) is 5.71 Å². The topological polar surface area (TPSA) is 12.4 Å². The highest BCUT2D eigenvalue weighted by Gasteiger charge is 2.06. The van der Waals surface area contributed by atoms with Crippen LogP contribution in [0.4, 0.5) is 5.69 Å². The molecule has 2 aromatic carbocycles. The van der Waals surface area contributed by atoms with E-state index in [9.17, 15) is 0 Å². The van der Waals surface area contributed by atoms with Gasteiger partial charge in [-0.3, -0.25) is 4.99 Å². The van der Waals surface area contributed by atoms with Gasteiger partial charge in [-0.1, -0.05) is 48.5 Å². The lowest BCUT2D eigenvalue weighted by atomic mass is 9.94. The quantitative estimate of drug-likeness (QED) is 0.455. The predicted molar refractivity (Wildman–Crippen MR) is 103 cm³/mol. The molecule has 0 saturated carbocycles. The molecular formula is C22H25N. The van der Waals surface area contributed by atoms with Gasteiger partial charge in [-0.05, 0) is 74.6 Å². The van der Waals surface area contributed by atoms with Crippen LogP contribution in [-0.2, 0) is 0 Å². The van der Waals surface area contributed by atoms with Crippen molar-refractivity contribution in [3.8, 4) is 0 Å². The molecule has 23 heavy (non-hydrogen) atoms. The third-order valence-electron chi connectivity index (χ3n) is 3.99. The molecule has 0 amide bonds. The van der Waals surface area contributed by atoms with Gasteiger partial charge in [-0.25, -0.2) is 0 Å². The Balaban J connectivity index is 2.34. The van der Waals surface area contributed by atoms with Crippen LogP contribution in [0.5, 0.6) is 0 Å². The van der Waals surface area contributed by atoms with Crippen molar-refractivity contribution < 1.29 is 0 Å². The predicted octanol–water partition coefficient (Wildman–Crippen LogP) is 6.45. The van der Waals surface area contributed by atoms with Gasteiger partial charge in [-0.15, -0.1) is 0 Å². The standard InChI is InChI=1S/C22H25N/c1-6-20(21-13-9-7-11-16(21)2)18(4)15-19(5)23-22-14-10-8-12-17(22)3/h6-15H,1-5H3/b18-15-,20-6+,23-19+. The molecule has 0 aliphatic carbocycles. The average molecular weight is 303 g/mol. The average Bonchev–Trinajstić information content (AvgIpc) is 2.52. The van der Waals surface area contributed by atoms with Crippen LogP contribution in [0, 0.1) is 13.8 Å². The van der Waals surface area contributed by atoms with E-state index in [-0.39, 0.29) is 0 Å². The molecule has 0 atom stereocenters. The SMILES string of the molecule is C\C=C(/C(C)=C\C(C)=N\c1ccccc1C)c1ccccc1C. The monoisotopic (exact) mass is 303 g/mol. The molecule has 0 N–H and O–H groups in total. The van der Waals surface area contributed by atoms with Crippen LogP contribution in [0.2, 0.25) is 0 Å². The Bertz CT molecular complexity index is 776. The smallest absolute Gasteiger partial charge is 0.0661 e. The van der Waals surface area contributed by atoms with E-state index in [0.717, 1.165) is 11.4 Å². The number of nitrogens with zero attached hydrogens (tertiary/aromatic N) is 1. The van der Waals surface area contributed by atoms with Crippen LogP contribution in [0.3, 0.4) is 0 Å². The molecule has 2 aromatic rings. The lowest BCUT2D eigenvalue weighted by molar-refractivity contribution is 1.38. The Kier molecular flexibility index (Phi) is 5.70. The lowest BCUT2D eigenvalue weighted by Crippen LogP contribution is -1.94. The second-order valence-electron chi connectivity index (χ2n) is 5.88. The van der Waals surface area contributed by atoms with Gasteiger partial charge in [0.05, 0.1) is 5.69 Å². The fourth-order valence-electron chi connectivity index (χ4n) is 2.77. The van der Waals surface area contributed by atoms with E-state index in [1.54, 1.807) is 0 Å². The molecule has 0 radical (unpaired) electrons. The molecular weight excluding hydrogens is 278 g/mol. The number of hydrogen-bond donors (Lipinski definition) is 0. The molecule has 1 heteroatoms. The second kappa shape index (κ2) is 7.73. The van der Waals surface area contributed by atoms with E-state index < -0.39 is 0 Å². The Hall–Kier alpha value is -2.41. The summed E-state index contributed by atoms with van der Waals surface area (Å²) in [7, 11) is 0. The van der Waals surface area contributed by atoms with Gasteiger partial charge in [0.15, 0.2) is 0 Å². The summed E-state index contributed by atoms with van der Waals surface area (Å²) < 4.78 is 0. The van der Waals surface area contributed by atoms with E-state index in [1.165, 1.54) is 27.8 Å². The molecule has 0 bridgehead atoms.